The zero-order valence-corrected chi connectivity index (χ0v) is 21.5. The van der Waals surface area contributed by atoms with E-state index in [4.69, 9.17) is 4.74 Å². The Morgan fingerprint density at radius 2 is 1.59 bits per heavy atom. The number of aromatic nitrogens is 3. The lowest BCUT2D eigenvalue weighted by Gasteiger charge is -2.36. The van der Waals surface area contributed by atoms with Crippen molar-refractivity contribution in [3.8, 4) is 16.9 Å². The normalized spacial score (nSPS) is 14.8. The highest BCUT2D eigenvalue weighted by atomic mass is 19.4. The second kappa shape index (κ2) is 10.2. The molecule has 0 aliphatic carbocycles. The summed E-state index contributed by atoms with van der Waals surface area (Å²) < 4.78 is 49.7. The molecule has 0 atom stereocenters. The summed E-state index contributed by atoms with van der Waals surface area (Å²) in [5, 5.41) is 6.29. The second-order valence-electron chi connectivity index (χ2n) is 9.73. The van der Waals surface area contributed by atoms with Gasteiger partial charge in [0.1, 0.15) is 18.2 Å². The molecule has 1 fully saturated rings. The SMILES string of the molecule is Cc1cc(N2CCN(CCOc3cccc4ccccc34)CC2)n2nc(C(F)(F)F)c(-c3ccccc3)c2n1. The number of alkyl halides is 3. The van der Waals surface area contributed by atoms with Gasteiger partial charge < -0.3 is 9.64 Å². The Hall–Kier alpha value is -4.11. The quantitative estimate of drug-likeness (QED) is 0.266. The molecule has 2 aromatic heterocycles. The van der Waals surface area contributed by atoms with E-state index < -0.39 is 11.9 Å². The molecule has 3 aromatic carbocycles. The number of aryl methyl sites for hydroxylation is 1. The summed E-state index contributed by atoms with van der Waals surface area (Å²) >= 11 is 0. The molecule has 1 saturated heterocycles. The molecule has 0 unspecified atom stereocenters. The summed E-state index contributed by atoms with van der Waals surface area (Å²) in [5.74, 6) is 1.49. The molecule has 1 aliphatic heterocycles. The number of nitrogens with zero attached hydrogens (tertiary/aromatic N) is 5. The molecule has 200 valence electrons. The van der Waals surface area contributed by atoms with Crippen molar-refractivity contribution in [3.05, 3.63) is 90.3 Å². The standard InChI is InChI=1S/C30H28F3N5O/c1-21-20-26(38-29(34-21)27(23-9-3-2-4-10-23)28(35-38)30(31,32)33)37-16-14-36(15-17-37)18-19-39-25-13-7-11-22-8-5-6-12-24(22)25/h2-13,20H,14-19H2,1H3. The first-order chi connectivity index (χ1) is 18.9. The van der Waals surface area contributed by atoms with Crippen LogP contribution in [0.3, 0.4) is 0 Å². The molecule has 0 N–H and O–H groups in total. The largest absolute Gasteiger partial charge is 0.492 e. The van der Waals surface area contributed by atoms with Crippen LogP contribution >= 0.6 is 0 Å². The molecule has 6 nitrogen and oxygen atoms in total. The van der Waals surface area contributed by atoms with Gasteiger partial charge in [0.05, 0.1) is 5.56 Å². The third-order valence-electron chi connectivity index (χ3n) is 7.14. The van der Waals surface area contributed by atoms with E-state index in [1.165, 1.54) is 4.52 Å². The second-order valence-corrected chi connectivity index (χ2v) is 9.73. The highest BCUT2D eigenvalue weighted by Crippen LogP contribution is 2.39. The van der Waals surface area contributed by atoms with E-state index in [9.17, 15) is 13.2 Å². The number of hydrogen-bond acceptors (Lipinski definition) is 5. The van der Waals surface area contributed by atoms with Crippen LogP contribution < -0.4 is 9.64 Å². The first-order valence-corrected chi connectivity index (χ1v) is 13.0. The maximum atomic E-state index is 14.1. The van der Waals surface area contributed by atoms with Crippen LogP contribution in [0, 0.1) is 6.92 Å². The van der Waals surface area contributed by atoms with Crippen LogP contribution in [0.2, 0.25) is 0 Å². The highest BCUT2D eigenvalue weighted by molar-refractivity contribution is 5.88. The Balaban J connectivity index is 1.19. The third-order valence-corrected chi connectivity index (χ3v) is 7.14. The van der Waals surface area contributed by atoms with Gasteiger partial charge in [-0.3, -0.25) is 4.90 Å². The summed E-state index contributed by atoms with van der Waals surface area (Å²) in [6.07, 6.45) is -4.60. The number of ether oxygens (including phenoxy) is 1. The van der Waals surface area contributed by atoms with Crippen LogP contribution in [-0.2, 0) is 6.18 Å². The maximum Gasteiger partial charge on any atom is 0.435 e. The fraction of sp³-hybridized carbons (Fsp3) is 0.267. The first kappa shape index (κ1) is 25.2. The van der Waals surface area contributed by atoms with Gasteiger partial charge in [-0.2, -0.15) is 22.8 Å². The molecule has 0 bridgehead atoms. The fourth-order valence-corrected chi connectivity index (χ4v) is 5.22. The molecule has 1 aliphatic rings. The molecule has 0 spiro atoms. The van der Waals surface area contributed by atoms with E-state index in [0.29, 0.717) is 36.8 Å². The predicted molar refractivity (Wildman–Crippen MR) is 146 cm³/mol. The molecule has 39 heavy (non-hydrogen) atoms. The van der Waals surface area contributed by atoms with Gasteiger partial charge in [0.2, 0.25) is 0 Å². The monoisotopic (exact) mass is 531 g/mol. The predicted octanol–water partition coefficient (Wildman–Crippen LogP) is 6.08. The van der Waals surface area contributed by atoms with Crippen molar-refractivity contribution in [3.63, 3.8) is 0 Å². The van der Waals surface area contributed by atoms with Crippen molar-refractivity contribution in [1.82, 2.24) is 19.5 Å². The van der Waals surface area contributed by atoms with E-state index in [1.54, 1.807) is 37.3 Å². The minimum absolute atomic E-state index is 0.0114. The molecule has 0 saturated carbocycles. The van der Waals surface area contributed by atoms with Gasteiger partial charge in [-0.15, -0.1) is 0 Å². The number of rotatable bonds is 6. The van der Waals surface area contributed by atoms with Gasteiger partial charge in [-0.25, -0.2) is 4.98 Å². The summed E-state index contributed by atoms with van der Waals surface area (Å²) in [5.41, 5.74) is 0.401. The number of hydrogen-bond donors (Lipinski definition) is 0. The summed E-state index contributed by atoms with van der Waals surface area (Å²) in [6, 6.07) is 24.6. The van der Waals surface area contributed by atoms with Crippen LogP contribution in [0.15, 0.2) is 78.9 Å². The maximum absolute atomic E-state index is 14.1. The Labute approximate surface area is 224 Å². The number of fused-ring (bicyclic) bond motifs is 2. The highest BCUT2D eigenvalue weighted by Gasteiger charge is 2.39. The van der Waals surface area contributed by atoms with Crippen LogP contribution in [-0.4, -0.2) is 58.8 Å². The molecule has 0 amide bonds. The lowest BCUT2D eigenvalue weighted by molar-refractivity contribution is -0.140. The van der Waals surface area contributed by atoms with E-state index >= 15 is 0 Å². The summed E-state index contributed by atoms with van der Waals surface area (Å²) in [7, 11) is 0. The zero-order valence-electron chi connectivity index (χ0n) is 21.5. The molecule has 0 radical (unpaired) electrons. The Bertz CT molecular complexity index is 1600. The van der Waals surface area contributed by atoms with Crippen LogP contribution in [0.1, 0.15) is 11.4 Å². The lowest BCUT2D eigenvalue weighted by atomic mass is 10.1. The average Bonchev–Trinajstić information content (AvgIpc) is 3.34. The van der Waals surface area contributed by atoms with E-state index in [0.717, 1.165) is 36.2 Å². The van der Waals surface area contributed by atoms with Gasteiger partial charge in [0.25, 0.3) is 0 Å². The molecule has 9 heteroatoms. The summed E-state index contributed by atoms with van der Waals surface area (Å²) in [6.45, 7) is 5.98. The van der Waals surface area contributed by atoms with Crippen molar-refractivity contribution < 1.29 is 17.9 Å². The Morgan fingerprint density at radius 3 is 2.36 bits per heavy atom. The number of halogens is 3. The molecular formula is C30H28F3N5O. The lowest BCUT2D eigenvalue weighted by Crippen LogP contribution is -2.48. The first-order valence-electron chi connectivity index (χ1n) is 13.0. The van der Waals surface area contributed by atoms with Crippen molar-refractivity contribution in [1.29, 1.82) is 0 Å². The smallest absolute Gasteiger partial charge is 0.435 e. The van der Waals surface area contributed by atoms with Gasteiger partial charge in [0, 0.05) is 49.9 Å². The number of piperazine rings is 1. The van der Waals surface area contributed by atoms with Crippen molar-refractivity contribution in [2.75, 3.05) is 44.2 Å². The van der Waals surface area contributed by atoms with Crippen LogP contribution in [0.4, 0.5) is 19.0 Å². The number of anilines is 1. The third kappa shape index (κ3) is 5.02. The van der Waals surface area contributed by atoms with E-state index in [-0.39, 0.29) is 11.2 Å². The Kier molecular flexibility index (Phi) is 6.60. The molecule has 6 rings (SSSR count). The van der Waals surface area contributed by atoms with Crippen LogP contribution in [0.25, 0.3) is 27.5 Å². The minimum Gasteiger partial charge on any atom is -0.492 e. The van der Waals surface area contributed by atoms with Crippen molar-refractivity contribution in [2.45, 2.75) is 13.1 Å². The molecule has 3 heterocycles. The van der Waals surface area contributed by atoms with Gasteiger partial charge >= 0.3 is 6.18 Å². The van der Waals surface area contributed by atoms with Crippen molar-refractivity contribution in [2.24, 2.45) is 0 Å². The van der Waals surface area contributed by atoms with Gasteiger partial charge in [0.15, 0.2) is 11.3 Å². The van der Waals surface area contributed by atoms with Crippen LogP contribution in [0.5, 0.6) is 5.75 Å². The molecular weight excluding hydrogens is 503 g/mol. The molecule has 5 aromatic rings. The topological polar surface area (TPSA) is 45.9 Å². The Morgan fingerprint density at radius 1 is 0.872 bits per heavy atom. The fourth-order valence-electron chi connectivity index (χ4n) is 5.22. The van der Waals surface area contributed by atoms with Crippen molar-refractivity contribution >= 4 is 22.2 Å². The van der Waals surface area contributed by atoms with Gasteiger partial charge in [-0.05, 0) is 23.9 Å². The summed E-state index contributed by atoms with van der Waals surface area (Å²) in [4.78, 5) is 8.90. The number of benzene rings is 3. The van der Waals surface area contributed by atoms with E-state index in [2.05, 4.69) is 38.1 Å². The van der Waals surface area contributed by atoms with E-state index in [1.807, 2.05) is 30.3 Å². The average molecular weight is 532 g/mol. The zero-order chi connectivity index (χ0) is 27.0. The minimum atomic E-state index is -4.60. The van der Waals surface area contributed by atoms with Gasteiger partial charge in [-0.1, -0.05) is 66.7 Å².